The van der Waals surface area contributed by atoms with E-state index in [0.717, 1.165) is 0 Å². The first-order chi connectivity index (χ1) is 9.95. The molecule has 110 valence electrons. The van der Waals surface area contributed by atoms with Crippen molar-refractivity contribution in [1.82, 2.24) is 9.97 Å². The number of aromatic nitrogens is 2. The van der Waals surface area contributed by atoms with Crippen molar-refractivity contribution in [3.05, 3.63) is 23.2 Å². The molecule has 0 unspecified atom stereocenters. The average molecular weight is 381 g/mol. The highest BCUT2D eigenvalue weighted by Crippen LogP contribution is 2.34. The second-order valence-electron chi connectivity index (χ2n) is 3.82. The van der Waals surface area contributed by atoms with Crippen molar-refractivity contribution < 1.29 is 0 Å². The first kappa shape index (κ1) is 17.0. The maximum atomic E-state index is 4.26. The third-order valence-electron chi connectivity index (χ3n) is 2.29. The minimum atomic E-state index is 1.17. The summed E-state index contributed by atoms with van der Waals surface area (Å²) in [7, 11) is 7.47. The molecular weight excluding hydrogens is 365 g/mol. The molecule has 2 rings (SSSR count). The van der Waals surface area contributed by atoms with Gasteiger partial charge in [0.2, 0.25) is 0 Å². The average Bonchev–Trinajstić information content (AvgIpc) is 3.14. The van der Waals surface area contributed by atoms with E-state index in [-0.39, 0.29) is 0 Å². The predicted molar refractivity (Wildman–Crippen MR) is 99.3 cm³/mol. The lowest BCUT2D eigenvalue weighted by molar-refractivity contribution is 0.712. The molecule has 0 atom stereocenters. The number of nitrogens with zero attached hydrogens (tertiary/aromatic N) is 2. The summed E-state index contributed by atoms with van der Waals surface area (Å²) in [6.45, 7) is 0. The summed E-state index contributed by atoms with van der Waals surface area (Å²) in [4.78, 5) is 8.51. The van der Waals surface area contributed by atoms with Gasteiger partial charge in [0.05, 0.1) is 0 Å². The highest BCUT2D eigenvalue weighted by atomic mass is 33.1. The molecule has 0 aliphatic heterocycles. The second-order valence-corrected chi connectivity index (χ2v) is 10.9. The molecule has 2 aromatic rings. The summed E-state index contributed by atoms with van der Waals surface area (Å²) in [5.41, 5.74) is 0. The van der Waals surface area contributed by atoms with Crippen molar-refractivity contribution in [3.8, 4) is 0 Å². The summed E-state index contributed by atoms with van der Waals surface area (Å²) in [6.07, 6.45) is 9.05. The second kappa shape index (κ2) is 11.3. The highest BCUT2D eigenvalue weighted by molar-refractivity contribution is 8.77. The maximum Gasteiger partial charge on any atom is 0.160 e. The normalized spacial score (nSPS) is 11.0. The largest absolute Gasteiger partial charge is 0.237 e. The van der Waals surface area contributed by atoms with Gasteiger partial charge < -0.3 is 0 Å². The number of hydrogen-bond acceptors (Lipinski definition) is 8. The Hall–Kier alpha value is 0.660. The van der Waals surface area contributed by atoms with Gasteiger partial charge in [0, 0.05) is 34.7 Å². The third-order valence-corrected chi connectivity index (χ3v) is 9.42. The van der Waals surface area contributed by atoms with Gasteiger partial charge in [-0.05, 0) is 34.4 Å². The summed E-state index contributed by atoms with van der Waals surface area (Å²) in [5, 5.41) is 4.06. The quantitative estimate of drug-likeness (QED) is 0.333. The Morgan fingerprint density at radius 2 is 1.25 bits per heavy atom. The first-order valence-electron chi connectivity index (χ1n) is 6.33. The topological polar surface area (TPSA) is 25.8 Å². The van der Waals surface area contributed by atoms with Crippen LogP contribution in [0.3, 0.4) is 0 Å². The van der Waals surface area contributed by atoms with E-state index in [1.165, 1.54) is 45.9 Å². The fourth-order valence-electron chi connectivity index (χ4n) is 1.36. The van der Waals surface area contributed by atoms with Crippen LogP contribution >= 0.6 is 65.8 Å². The predicted octanol–water partition coefficient (Wildman–Crippen LogP) is 6.34. The number of unbranched alkanes of at least 4 members (excludes halogenated alkanes) is 3. The van der Waals surface area contributed by atoms with E-state index in [9.17, 15) is 0 Å². The van der Waals surface area contributed by atoms with Crippen LogP contribution < -0.4 is 0 Å². The van der Waals surface area contributed by atoms with E-state index in [1.807, 2.05) is 66.3 Å². The van der Waals surface area contributed by atoms with E-state index in [1.54, 1.807) is 22.7 Å². The Labute approximate surface area is 144 Å². The van der Waals surface area contributed by atoms with Crippen LogP contribution in [0.4, 0.5) is 0 Å². The molecule has 8 heteroatoms. The van der Waals surface area contributed by atoms with Crippen molar-refractivity contribution in [2.24, 2.45) is 0 Å². The van der Waals surface area contributed by atoms with Gasteiger partial charge >= 0.3 is 0 Å². The summed E-state index contributed by atoms with van der Waals surface area (Å²) < 4.78 is 2.34. The molecule has 0 spiro atoms. The van der Waals surface area contributed by atoms with E-state index in [2.05, 4.69) is 9.97 Å². The van der Waals surface area contributed by atoms with E-state index >= 15 is 0 Å². The Balaban J connectivity index is 1.33. The minimum absolute atomic E-state index is 1.17. The van der Waals surface area contributed by atoms with Gasteiger partial charge in [0.25, 0.3) is 0 Å². The van der Waals surface area contributed by atoms with Crippen molar-refractivity contribution in [2.45, 2.75) is 34.4 Å². The van der Waals surface area contributed by atoms with Gasteiger partial charge in [-0.1, -0.05) is 34.4 Å². The molecule has 0 bridgehead atoms. The van der Waals surface area contributed by atoms with Gasteiger partial charge in [0.15, 0.2) is 8.68 Å². The van der Waals surface area contributed by atoms with Gasteiger partial charge in [-0.25, -0.2) is 9.97 Å². The van der Waals surface area contributed by atoms with E-state index < -0.39 is 0 Å². The van der Waals surface area contributed by atoms with Crippen LogP contribution in [0, 0.1) is 0 Å². The van der Waals surface area contributed by atoms with Crippen LogP contribution in [0.1, 0.15) is 25.7 Å². The standard InChI is InChI=1S/C12H16N2S6/c1(3-7-17-19-11-13-5-9-15-11)2-4-8-18-20-12-14-6-10-16-12/h5-6,9-10H,1-4,7-8H2. The molecule has 20 heavy (non-hydrogen) atoms. The van der Waals surface area contributed by atoms with Gasteiger partial charge in [-0.15, -0.1) is 22.7 Å². The molecule has 2 aromatic heterocycles. The van der Waals surface area contributed by atoms with Crippen molar-refractivity contribution in [1.29, 1.82) is 0 Å². The molecular formula is C12H16N2S6. The smallest absolute Gasteiger partial charge is 0.160 e. The molecule has 0 saturated heterocycles. The molecule has 0 aliphatic rings. The number of rotatable bonds is 11. The zero-order valence-electron chi connectivity index (χ0n) is 10.9. The minimum Gasteiger partial charge on any atom is -0.237 e. The molecule has 0 aromatic carbocycles. The third kappa shape index (κ3) is 7.61. The lowest BCUT2D eigenvalue weighted by Gasteiger charge is -2.00. The lowest BCUT2D eigenvalue weighted by Crippen LogP contribution is -1.82. The van der Waals surface area contributed by atoms with Crippen molar-refractivity contribution >= 4 is 65.8 Å². The Kier molecular flexibility index (Phi) is 9.58. The van der Waals surface area contributed by atoms with Crippen LogP contribution in [0.2, 0.25) is 0 Å². The fourth-order valence-corrected chi connectivity index (χ4v) is 7.59. The maximum absolute atomic E-state index is 4.26. The van der Waals surface area contributed by atoms with Crippen LogP contribution in [0.5, 0.6) is 0 Å². The highest BCUT2D eigenvalue weighted by Gasteiger charge is 1.99. The molecule has 0 radical (unpaired) electrons. The van der Waals surface area contributed by atoms with E-state index in [0.29, 0.717) is 0 Å². The number of thiazole rings is 2. The molecule has 0 N–H and O–H groups in total. The molecule has 2 nitrogen and oxygen atoms in total. The molecule has 0 aliphatic carbocycles. The van der Waals surface area contributed by atoms with Gasteiger partial charge in [-0.2, -0.15) is 0 Å². The van der Waals surface area contributed by atoms with Crippen LogP contribution in [0.15, 0.2) is 31.8 Å². The Morgan fingerprint density at radius 1 is 0.750 bits per heavy atom. The zero-order valence-corrected chi connectivity index (χ0v) is 15.8. The summed E-state index contributed by atoms with van der Waals surface area (Å²) in [6, 6.07) is 0. The van der Waals surface area contributed by atoms with Crippen LogP contribution in [-0.2, 0) is 0 Å². The fraction of sp³-hybridized carbons (Fsp3) is 0.500. The molecule has 0 saturated carbocycles. The first-order valence-corrected chi connectivity index (χ1v) is 12.7. The lowest BCUT2D eigenvalue weighted by atomic mass is 10.2. The SMILES string of the molecule is c1csc(SSCCCCCCSSc2nccs2)n1. The number of hydrogen-bond donors (Lipinski definition) is 0. The van der Waals surface area contributed by atoms with Gasteiger partial charge in [-0.3, -0.25) is 0 Å². The summed E-state index contributed by atoms with van der Waals surface area (Å²) in [5.74, 6) is 2.45. The van der Waals surface area contributed by atoms with E-state index in [4.69, 9.17) is 0 Å². The van der Waals surface area contributed by atoms with Crippen LogP contribution in [-0.4, -0.2) is 21.5 Å². The Morgan fingerprint density at radius 3 is 1.65 bits per heavy atom. The van der Waals surface area contributed by atoms with Crippen LogP contribution in [0.25, 0.3) is 0 Å². The Bertz CT molecular complexity index is 389. The van der Waals surface area contributed by atoms with Gasteiger partial charge in [0.1, 0.15) is 0 Å². The molecule has 0 amide bonds. The molecule has 0 fully saturated rings. The zero-order chi connectivity index (χ0) is 13.9. The van der Waals surface area contributed by atoms with Crippen molar-refractivity contribution in [2.75, 3.05) is 11.5 Å². The monoisotopic (exact) mass is 380 g/mol. The van der Waals surface area contributed by atoms with Crippen molar-refractivity contribution in [3.63, 3.8) is 0 Å². The summed E-state index contributed by atoms with van der Waals surface area (Å²) >= 11 is 3.44. The molecule has 2 heterocycles.